The number of hydrogen-bond donors (Lipinski definition) is 0. The highest BCUT2D eigenvalue weighted by Crippen LogP contribution is 2.21. The SMILES string of the molecule is CCOC(=O)CC(C[N+](=O)[O-])c1ccc(I)cc1. The maximum atomic E-state index is 11.4. The zero-order valence-corrected chi connectivity index (χ0v) is 12.1. The Hall–Kier alpha value is -1.18. The van der Waals surface area contributed by atoms with Crippen molar-refractivity contribution in [1.82, 2.24) is 0 Å². The molecule has 1 aromatic rings. The molecule has 5 nitrogen and oxygen atoms in total. The number of hydrogen-bond acceptors (Lipinski definition) is 4. The number of halogens is 1. The quantitative estimate of drug-likeness (QED) is 0.337. The normalized spacial score (nSPS) is 11.9. The summed E-state index contributed by atoms with van der Waals surface area (Å²) in [6.07, 6.45) is 0.0371. The van der Waals surface area contributed by atoms with Gasteiger partial charge in [-0.15, -0.1) is 0 Å². The van der Waals surface area contributed by atoms with Crippen molar-refractivity contribution in [3.05, 3.63) is 43.5 Å². The van der Waals surface area contributed by atoms with Crippen molar-refractivity contribution in [2.24, 2.45) is 0 Å². The molecular formula is C12H14INO4. The minimum absolute atomic E-state index is 0.0371. The van der Waals surface area contributed by atoms with Gasteiger partial charge in [0.15, 0.2) is 0 Å². The van der Waals surface area contributed by atoms with E-state index in [-0.39, 0.29) is 19.6 Å². The first-order valence-electron chi connectivity index (χ1n) is 5.55. The monoisotopic (exact) mass is 363 g/mol. The van der Waals surface area contributed by atoms with Crippen LogP contribution in [0.1, 0.15) is 24.8 Å². The van der Waals surface area contributed by atoms with E-state index in [9.17, 15) is 14.9 Å². The Balaban J connectivity index is 2.80. The Morgan fingerprint density at radius 3 is 2.56 bits per heavy atom. The summed E-state index contributed by atoms with van der Waals surface area (Å²) in [6.45, 7) is 1.74. The van der Waals surface area contributed by atoms with Gasteiger partial charge in [0.2, 0.25) is 6.54 Å². The Morgan fingerprint density at radius 2 is 2.06 bits per heavy atom. The molecule has 1 unspecified atom stereocenters. The summed E-state index contributed by atoms with van der Waals surface area (Å²) in [4.78, 5) is 21.7. The van der Waals surface area contributed by atoms with E-state index in [4.69, 9.17) is 4.74 Å². The molecule has 0 aliphatic carbocycles. The molecule has 0 heterocycles. The van der Waals surface area contributed by atoms with Gasteiger partial charge in [0.25, 0.3) is 0 Å². The summed E-state index contributed by atoms with van der Waals surface area (Å²) in [5.41, 5.74) is 0.792. The lowest BCUT2D eigenvalue weighted by Gasteiger charge is -2.12. The molecule has 1 rings (SSSR count). The third kappa shape index (κ3) is 4.99. The highest BCUT2D eigenvalue weighted by atomic mass is 127. The molecule has 0 saturated carbocycles. The topological polar surface area (TPSA) is 69.4 Å². The van der Waals surface area contributed by atoms with Crippen molar-refractivity contribution in [2.75, 3.05) is 13.2 Å². The molecule has 0 aromatic heterocycles. The van der Waals surface area contributed by atoms with Gasteiger partial charge in [-0.3, -0.25) is 14.9 Å². The zero-order chi connectivity index (χ0) is 13.5. The molecule has 0 saturated heterocycles. The number of esters is 1. The predicted molar refractivity (Wildman–Crippen MR) is 75.0 cm³/mol. The second-order valence-corrected chi connectivity index (χ2v) is 5.02. The predicted octanol–water partition coefficient (Wildman–Crippen LogP) is 2.60. The smallest absolute Gasteiger partial charge is 0.306 e. The summed E-state index contributed by atoms with van der Waals surface area (Å²) < 4.78 is 5.88. The van der Waals surface area contributed by atoms with Gasteiger partial charge in [-0.1, -0.05) is 12.1 Å². The Labute approximate surface area is 119 Å². The van der Waals surface area contributed by atoms with Gasteiger partial charge in [0.05, 0.1) is 18.9 Å². The van der Waals surface area contributed by atoms with E-state index < -0.39 is 16.8 Å². The molecular weight excluding hydrogens is 349 g/mol. The molecule has 1 atom stereocenters. The number of carbonyl (C=O) groups excluding carboxylic acids is 1. The van der Waals surface area contributed by atoms with Crippen LogP contribution < -0.4 is 0 Å². The van der Waals surface area contributed by atoms with Crippen molar-refractivity contribution < 1.29 is 14.5 Å². The molecule has 0 amide bonds. The number of rotatable bonds is 6. The van der Waals surface area contributed by atoms with Crippen molar-refractivity contribution in [1.29, 1.82) is 0 Å². The van der Waals surface area contributed by atoms with Gasteiger partial charge in [-0.05, 0) is 47.2 Å². The average Bonchev–Trinajstić information content (AvgIpc) is 2.28. The van der Waals surface area contributed by atoms with E-state index in [1.54, 1.807) is 6.92 Å². The molecule has 1 aromatic carbocycles. The lowest BCUT2D eigenvalue weighted by molar-refractivity contribution is -0.483. The van der Waals surface area contributed by atoms with Crippen LogP contribution in [-0.4, -0.2) is 24.0 Å². The van der Waals surface area contributed by atoms with E-state index in [2.05, 4.69) is 22.6 Å². The molecule has 6 heteroatoms. The average molecular weight is 363 g/mol. The van der Waals surface area contributed by atoms with E-state index >= 15 is 0 Å². The zero-order valence-electron chi connectivity index (χ0n) is 9.97. The van der Waals surface area contributed by atoms with Crippen LogP contribution in [0.4, 0.5) is 0 Å². The number of carbonyl (C=O) groups is 1. The Morgan fingerprint density at radius 1 is 1.44 bits per heavy atom. The molecule has 98 valence electrons. The van der Waals surface area contributed by atoms with Crippen molar-refractivity contribution in [3.8, 4) is 0 Å². The van der Waals surface area contributed by atoms with Crippen LogP contribution in [0.3, 0.4) is 0 Å². The van der Waals surface area contributed by atoms with Gasteiger partial charge in [0.1, 0.15) is 0 Å². The third-order valence-corrected chi connectivity index (χ3v) is 3.15. The maximum Gasteiger partial charge on any atom is 0.306 e. The lowest BCUT2D eigenvalue weighted by Crippen LogP contribution is -2.18. The van der Waals surface area contributed by atoms with Crippen LogP contribution >= 0.6 is 22.6 Å². The molecule has 0 spiro atoms. The number of nitrogens with zero attached hydrogens (tertiary/aromatic N) is 1. The highest BCUT2D eigenvalue weighted by molar-refractivity contribution is 14.1. The Kier molecular flexibility index (Phi) is 6.03. The van der Waals surface area contributed by atoms with Crippen LogP contribution in [0.2, 0.25) is 0 Å². The van der Waals surface area contributed by atoms with Gasteiger partial charge in [0, 0.05) is 8.49 Å². The third-order valence-electron chi connectivity index (χ3n) is 2.43. The molecule has 18 heavy (non-hydrogen) atoms. The molecule has 0 radical (unpaired) electrons. The molecule has 0 fully saturated rings. The standard InChI is InChI=1S/C12H14INO4/c1-2-18-12(15)7-10(8-14(16)17)9-3-5-11(13)6-4-9/h3-6,10H,2,7-8H2,1H3. The van der Waals surface area contributed by atoms with Gasteiger partial charge in [-0.25, -0.2) is 0 Å². The minimum atomic E-state index is -0.434. The van der Waals surface area contributed by atoms with Crippen molar-refractivity contribution in [2.45, 2.75) is 19.3 Å². The minimum Gasteiger partial charge on any atom is -0.466 e. The fourth-order valence-corrected chi connectivity index (χ4v) is 1.98. The number of ether oxygens (including phenoxy) is 1. The number of nitro groups is 1. The van der Waals surface area contributed by atoms with Gasteiger partial charge in [-0.2, -0.15) is 0 Å². The van der Waals surface area contributed by atoms with E-state index in [1.165, 1.54) is 0 Å². The van der Waals surface area contributed by atoms with Crippen molar-refractivity contribution >= 4 is 28.6 Å². The van der Waals surface area contributed by atoms with Crippen LogP contribution in [0.25, 0.3) is 0 Å². The van der Waals surface area contributed by atoms with Gasteiger partial charge < -0.3 is 4.74 Å². The second kappa shape index (κ2) is 7.30. The van der Waals surface area contributed by atoms with E-state index in [1.807, 2.05) is 24.3 Å². The number of benzene rings is 1. The first-order valence-corrected chi connectivity index (χ1v) is 6.63. The summed E-state index contributed by atoms with van der Waals surface area (Å²) in [5, 5.41) is 10.6. The largest absolute Gasteiger partial charge is 0.466 e. The molecule has 0 bridgehead atoms. The molecule has 0 N–H and O–H groups in total. The van der Waals surface area contributed by atoms with Crippen LogP contribution in [0, 0.1) is 13.7 Å². The highest BCUT2D eigenvalue weighted by Gasteiger charge is 2.22. The van der Waals surface area contributed by atoms with E-state index in [0.29, 0.717) is 0 Å². The fraction of sp³-hybridized carbons (Fsp3) is 0.417. The molecule has 0 aliphatic heterocycles. The first-order chi connectivity index (χ1) is 8.52. The fourth-order valence-electron chi connectivity index (χ4n) is 1.62. The van der Waals surface area contributed by atoms with Crippen LogP contribution in [0.5, 0.6) is 0 Å². The second-order valence-electron chi connectivity index (χ2n) is 3.77. The van der Waals surface area contributed by atoms with Gasteiger partial charge >= 0.3 is 5.97 Å². The summed E-state index contributed by atoms with van der Waals surface area (Å²) in [7, 11) is 0. The van der Waals surface area contributed by atoms with Crippen molar-refractivity contribution in [3.63, 3.8) is 0 Å². The molecule has 0 aliphatic rings. The lowest BCUT2D eigenvalue weighted by atomic mass is 9.96. The summed E-state index contributed by atoms with van der Waals surface area (Å²) >= 11 is 2.16. The first kappa shape index (κ1) is 14.9. The summed E-state index contributed by atoms with van der Waals surface area (Å²) in [5.74, 6) is -0.834. The van der Waals surface area contributed by atoms with E-state index in [0.717, 1.165) is 9.13 Å². The van der Waals surface area contributed by atoms with Crippen LogP contribution in [-0.2, 0) is 9.53 Å². The summed E-state index contributed by atoms with van der Waals surface area (Å²) in [6, 6.07) is 7.37. The Bertz CT molecular complexity index is 419. The maximum absolute atomic E-state index is 11.4. The van der Waals surface area contributed by atoms with Crippen LogP contribution in [0.15, 0.2) is 24.3 Å².